The number of amides is 2. The fraction of sp³-hybridized carbons (Fsp3) is 0.600. The van der Waals surface area contributed by atoms with Gasteiger partial charge < -0.3 is 15.5 Å². The maximum atomic E-state index is 12.8. The lowest BCUT2D eigenvalue weighted by Gasteiger charge is -2.30. The molecule has 5 nitrogen and oxygen atoms in total. The van der Waals surface area contributed by atoms with E-state index in [1.807, 2.05) is 28.0 Å². The number of carbonyl (C=O) groups excluding carboxylic acids is 2. The van der Waals surface area contributed by atoms with Crippen LogP contribution >= 0.6 is 0 Å². The lowest BCUT2D eigenvalue weighted by molar-refractivity contribution is -0.137. The molecule has 1 aliphatic carbocycles. The number of rotatable bonds is 4. The summed E-state index contributed by atoms with van der Waals surface area (Å²) >= 11 is 0. The quantitative estimate of drug-likeness (QED) is 0.909. The third kappa shape index (κ3) is 4.40. The Balaban J connectivity index is 1.51. The van der Waals surface area contributed by atoms with Crippen molar-refractivity contribution in [2.75, 3.05) is 26.2 Å². The number of nitrogens with two attached hydrogens (primary N) is 1. The van der Waals surface area contributed by atoms with Gasteiger partial charge >= 0.3 is 0 Å². The summed E-state index contributed by atoms with van der Waals surface area (Å²) in [7, 11) is 0. The summed E-state index contributed by atoms with van der Waals surface area (Å²) in [4.78, 5) is 29.1. The van der Waals surface area contributed by atoms with Crippen LogP contribution in [0.15, 0.2) is 30.3 Å². The molecule has 0 spiro atoms. The lowest BCUT2D eigenvalue weighted by Crippen LogP contribution is -2.54. The SMILES string of the molecule is NC1(C(=O)N2CCCN(C(=O)CCc3ccccc3)CC2)CCCC1. The Morgan fingerprint density at radius 2 is 1.56 bits per heavy atom. The second kappa shape index (κ2) is 8.00. The molecule has 2 amide bonds. The van der Waals surface area contributed by atoms with Crippen LogP contribution in [0, 0.1) is 0 Å². The Kier molecular flexibility index (Phi) is 5.74. The minimum atomic E-state index is -0.660. The molecular weight excluding hydrogens is 314 g/mol. The molecular formula is C20H29N3O2. The monoisotopic (exact) mass is 343 g/mol. The normalized spacial score (nSPS) is 20.4. The van der Waals surface area contributed by atoms with Gasteiger partial charge in [0.25, 0.3) is 0 Å². The van der Waals surface area contributed by atoms with Crippen LogP contribution in [0.5, 0.6) is 0 Å². The van der Waals surface area contributed by atoms with E-state index in [1.165, 1.54) is 5.56 Å². The van der Waals surface area contributed by atoms with E-state index < -0.39 is 5.54 Å². The first-order valence-electron chi connectivity index (χ1n) is 9.48. The molecule has 1 heterocycles. The second-order valence-corrected chi connectivity index (χ2v) is 7.38. The number of hydrogen-bond donors (Lipinski definition) is 1. The highest BCUT2D eigenvalue weighted by atomic mass is 16.2. The first kappa shape index (κ1) is 17.9. The van der Waals surface area contributed by atoms with Crippen LogP contribution in [-0.4, -0.2) is 53.3 Å². The molecule has 0 unspecified atom stereocenters. The zero-order valence-corrected chi connectivity index (χ0v) is 15.0. The van der Waals surface area contributed by atoms with Gasteiger partial charge in [0, 0.05) is 32.6 Å². The number of carbonyl (C=O) groups is 2. The van der Waals surface area contributed by atoms with Gasteiger partial charge in [-0.25, -0.2) is 0 Å². The van der Waals surface area contributed by atoms with Gasteiger partial charge in [-0.1, -0.05) is 43.2 Å². The van der Waals surface area contributed by atoms with Crippen LogP contribution in [0.2, 0.25) is 0 Å². The molecule has 1 aromatic rings. The third-order valence-electron chi connectivity index (χ3n) is 5.53. The van der Waals surface area contributed by atoms with Crippen LogP contribution < -0.4 is 5.73 Å². The van der Waals surface area contributed by atoms with Crippen molar-refractivity contribution >= 4 is 11.8 Å². The predicted octanol–water partition coefficient (Wildman–Crippen LogP) is 1.95. The van der Waals surface area contributed by atoms with Crippen molar-refractivity contribution in [2.24, 2.45) is 5.73 Å². The average Bonchev–Trinajstić information content (AvgIpc) is 2.94. The second-order valence-electron chi connectivity index (χ2n) is 7.38. The molecule has 0 aromatic heterocycles. The average molecular weight is 343 g/mol. The van der Waals surface area contributed by atoms with Crippen LogP contribution in [0.25, 0.3) is 0 Å². The molecule has 0 radical (unpaired) electrons. The van der Waals surface area contributed by atoms with Crippen LogP contribution in [0.3, 0.4) is 0 Å². The van der Waals surface area contributed by atoms with E-state index >= 15 is 0 Å². The fourth-order valence-corrected chi connectivity index (χ4v) is 3.96. The molecule has 3 rings (SSSR count). The minimum Gasteiger partial charge on any atom is -0.341 e. The fourth-order valence-electron chi connectivity index (χ4n) is 3.96. The largest absolute Gasteiger partial charge is 0.341 e. The Morgan fingerprint density at radius 1 is 0.920 bits per heavy atom. The predicted molar refractivity (Wildman–Crippen MR) is 97.9 cm³/mol. The molecule has 0 bridgehead atoms. The highest BCUT2D eigenvalue weighted by Gasteiger charge is 2.40. The van der Waals surface area contributed by atoms with Crippen LogP contribution in [0.4, 0.5) is 0 Å². The van der Waals surface area contributed by atoms with Crippen molar-refractivity contribution in [1.82, 2.24) is 9.80 Å². The van der Waals surface area contributed by atoms with E-state index in [-0.39, 0.29) is 11.8 Å². The Bertz CT molecular complexity index is 596. The van der Waals surface area contributed by atoms with E-state index in [1.54, 1.807) is 0 Å². The third-order valence-corrected chi connectivity index (χ3v) is 5.53. The van der Waals surface area contributed by atoms with Crippen molar-refractivity contribution < 1.29 is 9.59 Å². The Morgan fingerprint density at radius 3 is 2.28 bits per heavy atom. The molecule has 1 aliphatic heterocycles. The van der Waals surface area contributed by atoms with Gasteiger partial charge in [0.1, 0.15) is 0 Å². The van der Waals surface area contributed by atoms with Crippen LogP contribution in [-0.2, 0) is 16.0 Å². The highest BCUT2D eigenvalue weighted by molar-refractivity contribution is 5.86. The molecule has 1 aromatic carbocycles. The molecule has 2 aliphatic rings. The Labute approximate surface area is 150 Å². The van der Waals surface area contributed by atoms with Crippen molar-refractivity contribution in [3.05, 3.63) is 35.9 Å². The molecule has 2 N–H and O–H groups in total. The van der Waals surface area contributed by atoms with E-state index in [9.17, 15) is 9.59 Å². The van der Waals surface area contributed by atoms with Crippen molar-refractivity contribution in [3.8, 4) is 0 Å². The first-order valence-corrected chi connectivity index (χ1v) is 9.48. The maximum absolute atomic E-state index is 12.8. The highest BCUT2D eigenvalue weighted by Crippen LogP contribution is 2.29. The topological polar surface area (TPSA) is 66.6 Å². The van der Waals surface area contributed by atoms with E-state index in [0.717, 1.165) is 45.1 Å². The number of nitrogens with zero attached hydrogens (tertiary/aromatic N) is 2. The summed E-state index contributed by atoms with van der Waals surface area (Å²) in [5.74, 6) is 0.269. The summed E-state index contributed by atoms with van der Waals surface area (Å²) in [5, 5.41) is 0. The minimum absolute atomic E-state index is 0.0867. The van der Waals surface area contributed by atoms with Crippen molar-refractivity contribution in [1.29, 1.82) is 0 Å². The maximum Gasteiger partial charge on any atom is 0.242 e. The van der Waals surface area contributed by atoms with Crippen LogP contribution in [0.1, 0.15) is 44.1 Å². The summed E-state index contributed by atoms with van der Waals surface area (Å²) < 4.78 is 0. The van der Waals surface area contributed by atoms with Gasteiger partial charge in [-0.05, 0) is 31.2 Å². The van der Waals surface area contributed by atoms with Gasteiger partial charge in [0.2, 0.25) is 11.8 Å². The summed E-state index contributed by atoms with van der Waals surface area (Å²) in [6.45, 7) is 2.67. The zero-order chi connectivity index (χ0) is 17.7. The molecule has 1 saturated heterocycles. The lowest BCUT2D eigenvalue weighted by atomic mass is 9.97. The number of hydrogen-bond acceptors (Lipinski definition) is 3. The van der Waals surface area contributed by atoms with E-state index in [2.05, 4.69) is 12.1 Å². The van der Waals surface area contributed by atoms with Crippen molar-refractivity contribution in [3.63, 3.8) is 0 Å². The molecule has 2 fully saturated rings. The molecule has 136 valence electrons. The summed E-state index contributed by atoms with van der Waals surface area (Å²) in [5.41, 5.74) is 6.85. The smallest absolute Gasteiger partial charge is 0.242 e. The summed E-state index contributed by atoms with van der Waals surface area (Å²) in [6.07, 6.45) is 5.80. The standard InChI is InChI=1S/C20H29N3O2/c21-20(11-4-5-12-20)19(25)23-14-6-13-22(15-16-23)18(24)10-9-17-7-2-1-3-8-17/h1-3,7-8H,4-6,9-16,21H2. The number of benzene rings is 1. The van der Waals surface area contributed by atoms with Gasteiger partial charge in [-0.15, -0.1) is 0 Å². The molecule has 0 atom stereocenters. The molecule has 1 saturated carbocycles. The number of aryl methyl sites for hydroxylation is 1. The first-order chi connectivity index (χ1) is 12.1. The summed E-state index contributed by atoms with van der Waals surface area (Å²) in [6, 6.07) is 10.1. The van der Waals surface area contributed by atoms with Crippen molar-refractivity contribution in [2.45, 2.75) is 50.5 Å². The molecule has 25 heavy (non-hydrogen) atoms. The van der Waals surface area contributed by atoms with Gasteiger partial charge in [0.15, 0.2) is 0 Å². The van der Waals surface area contributed by atoms with E-state index in [0.29, 0.717) is 26.1 Å². The van der Waals surface area contributed by atoms with E-state index in [4.69, 9.17) is 5.73 Å². The van der Waals surface area contributed by atoms with Gasteiger partial charge in [-0.2, -0.15) is 0 Å². The van der Waals surface area contributed by atoms with Gasteiger partial charge in [0.05, 0.1) is 5.54 Å². The zero-order valence-electron chi connectivity index (χ0n) is 15.0. The van der Waals surface area contributed by atoms with Gasteiger partial charge in [-0.3, -0.25) is 9.59 Å². The Hall–Kier alpha value is -1.88. The molecule has 5 heteroatoms.